The zero-order valence-electron chi connectivity index (χ0n) is 17.2. The summed E-state index contributed by atoms with van der Waals surface area (Å²) in [6.07, 6.45) is -4.68. The molecule has 1 N–H and O–H groups in total. The normalized spacial score (nSPS) is 14.2. The maximum atomic E-state index is 12.9. The van der Waals surface area contributed by atoms with E-state index in [1.54, 1.807) is 36.1 Å². The largest absolute Gasteiger partial charge is 0.416 e. The number of alkyl halides is 3. The quantitative estimate of drug-likeness (QED) is 0.558. The van der Waals surface area contributed by atoms with Crippen LogP contribution in [-0.2, 0) is 11.0 Å². The van der Waals surface area contributed by atoms with Gasteiger partial charge in [-0.2, -0.15) is 13.2 Å². The van der Waals surface area contributed by atoms with E-state index < -0.39 is 22.4 Å². The van der Waals surface area contributed by atoms with Crippen molar-refractivity contribution in [1.29, 1.82) is 0 Å². The lowest BCUT2D eigenvalue weighted by atomic mass is 10.1. The summed E-state index contributed by atoms with van der Waals surface area (Å²) >= 11 is 0. The molecule has 3 rings (SSSR count). The maximum absolute atomic E-state index is 12.9. The number of amides is 2. The molecule has 0 aliphatic carbocycles. The summed E-state index contributed by atoms with van der Waals surface area (Å²) in [7, 11) is 0. The number of rotatable bonds is 5. The van der Waals surface area contributed by atoms with Gasteiger partial charge in [-0.3, -0.25) is 19.7 Å². The lowest BCUT2D eigenvalue weighted by Gasteiger charge is -2.36. The number of nitrogens with zero attached hydrogens (tertiary/aromatic N) is 3. The number of carbonyl (C=O) groups is 2. The summed E-state index contributed by atoms with van der Waals surface area (Å²) in [5, 5.41) is 13.9. The van der Waals surface area contributed by atoms with Gasteiger partial charge in [0.2, 0.25) is 5.91 Å². The first-order valence-corrected chi connectivity index (χ1v) is 9.80. The van der Waals surface area contributed by atoms with Crippen molar-refractivity contribution in [3.63, 3.8) is 0 Å². The van der Waals surface area contributed by atoms with Gasteiger partial charge in [-0.15, -0.1) is 0 Å². The van der Waals surface area contributed by atoms with Crippen LogP contribution in [0.3, 0.4) is 0 Å². The number of nitro groups is 1. The van der Waals surface area contributed by atoms with Crippen LogP contribution in [0.2, 0.25) is 0 Å². The number of anilines is 1. The van der Waals surface area contributed by atoms with E-state index in [4.69, 9.17) is 0 Å². The van der Waals surface area contributed by atoms with Crippen molar-refractivity contribution in [3.8, 4) is 0 Å². The van der Waals surface area contributed by atoms with Crippen LogP contribution in [0.15, 0.2) is 42.5 Å². The summed E-state index contributed by atoms with van der Waals surface area (Å²) in [6.45, 7) is 2.45. The number of nitrogens with one attached hydrogen (secondary N) is 1. The molecule has 32 heavy (non-hydrogen) atoms. The molecule has 2 aromatic rings. The van der Waals surface area contributed by atoms with E-state index in [0.717, 1.165) is 17.7 Å². The Morgan fingerprint density at radius 3 is 2.34 bits per heavy atom. The second-order valence-corrected chi connectivity index (χ2v) is 7.32. The van der Waals surface area contributed by atoms with Crippen LogP contribution in [0.5, 0.6) is 0 Å². The highest BCUT2D eigenvalue weighted by atomic mass is 19.4. The van der Waals surface area contributed by atoms with E-state index in [-0.39, 0.29) is 50.2 Å². The molecule has 2 aromatic carbocycles. The van der Waals surface area contributed by atoms with Crippen molar-refractivity contribution < 1.29 is 27.7 Å². The van der Waals surface area contributed by atoms with Crippen LogP contribution in [-0.4, -0.2) is 54.4 Å². The van der Waals surface area contributed by atoms with Gasteiger partial charge < -0.3 is 15.1 Å². The molecule has 170 valence electrons. The van der Waals surface area contributed by atoms with Crippen molar-refractivity contribution in [2.75, 3.05) is 37.6 Å². The molecule has 1 saturated heterocycles. The third-order valence-corrected chi connectivity index (χ3v) is 5.26. The van der Waals surface area contributed by atoms with Gasteiger partial charge >= 0.3 is 6.18 Å². The Morgan fingerprint density at radius 2 is 1.75 bits per heavy atom. The van der Waals surface area contributed by atoms with Crippen LogP contribution in [0, 0.1) is 17.0 Å². The molecule has 0 spiro atoms. The Hall–Kier alpha value is -3.63. The van der Waals surface area contributed by atoms with Gasteiger partial charge in [0.05, 0.1) is 17.0 Å². The highest BCUT2D eigenvalue weighted by Crippen LogP contribution is 2.36. The highest BCUT2D eigenvalue weighted by molar-refractivity contribution is 5.97. The Labute approximate surface area is 181 Å². The number of benzene rings is 2. The van der Waals surface area contributed by atoms with Crippen LogP contribution in [0.4, 0.5) is 24.5 Å². The number of halogens is 3. The van der Waals surface area contributed by atoms with Crippen molar-refractivity contribution in [2.45, 2.75) is 13.1 Å². The van der Waals surface area contributed by atoms with E-state index in [9.17, 15) is 32.9 Å². The molecule has 0 aromatic heterocycles. The maximum Gasteiger partial charge on any atom is 0.416 e. The predicted octanol–water partition coefficient (Wildman–Crippen LogP) is 3.00. The van der Waals surface area contributed by atoms with Gasteiger partial charge in [0.1, 0.15) is 5.69 Å². The summed E-state index contributed by atoms with van der Waals surface area (Å²) in [5.74, 6) is -0.677. The molecule has 8 nitrogen and oxygen atoms in total. The number of nitro benzene ring substituents is 1. The molecule has 2 amide bonds. The third-order valence-electron chi connectivity index (χ3n) is 5.26. The fraction of sp³-hybridized carbons (Fsp3) is 0.333. The zero-order valence-corrected chi connectivity index (χ0v) is 17.2. The SMILES string of the molecule is Cc1ccccc1C(=O)NCC(=O)N1CCN(c2ccc(C(F)(F)F)cc2[N+](=O)[O-])CC1. The Morgan fingerprint density at radius 1 is 1.09 bits per heavy atom. The van der Waals surface area contributed by atoms with Gasteiger partial charge in [0.15, 0.2) is 0 Å². The first-order chi connectivity index (χ1) is 15.1. The number of aryl methyl sites for hydroxylation is 1. The van der Waals surface area contributed by atoms with E-state index in [2.05, 4.69) is 5.32 Å². The lowest BCUT2D eigenvalue weighted by molar-refractivity contribution is -0.384. The Kier molecular flexibility index (Phi) is 6.66. The molecular formula is C21H21F3N4O4. The molecule has 1 aliphatic rings. The summed E-state index contributed by atoms with van der Waals surface area (Å²) in [4.78, 5) is 38.3. The second-order valence-electron chi connectivity index (χ2n) is 7.32. The number of piperazine rings is 1. The summed E-state index contributed by atoms with van der Waals surface area (Å²) in [5.41, 5.74) is -0.400. The highest BCUT2D eigenvalue weighted by Gasteiger charge is 2.34. The van der Waals surface area contributed by atoms with Crippen molar-refractivity contribution in [2.24, 2.45) is 0 Å². The van der Waals surface area contributed by atoms with Crippen molar-refractivity contribution in [1.82, 2.24) is 10.2 Å². The lowest BCUT2D eigenvalue weighted by Crippen LogP contribution is -2.51. The fourth-order valence-electron chi connectivity index (χ4n) is 3.50. The minimum atomic E-state index is -4.68. The molecule has 1 aliphatic heterocycles. The van der Waals surface area contributed by atoms with Crippen molar-refractivity contribution >= 4 is 23.2 Å². The first kappa shape index (κ1) is 23.0. The molecule has 0 bridgehead atoms. The van der Waals surface area contributed by atoms with Crippen LogP contribution in [0.1, 0.15) is 21.5 Å². The average Bonchev–Trinajstić information content (AvgIpc) is 2.76. The van der Waals surface area contributed by atoms with E-state index in [0.29, 0.717) is 11.6 Å². The molecule has 0 saturated carbocycles. The molecule has 0 atom stereocenters. The fourth-order valence-corrected chi connectivity index (χ4v) is 3.50. The van der Waals surface area contributed by atoms with Crippen LogP contribution in [0.25, 0.3) is 0 Å². The van der Waals surface area contributed by atoms with Crippen LogP contribution >= 0.6 is 0 Å². The van der Waals surface area contributed by atoms with E-state index >= 15 is 0 Å². The molecule has 0 unspecified atom stereocenters. The van der Waals surface area contributed by atoms with Gasteiger partial charge in [0.25, 0.3) is 11.6 Å². The summed E-state index contributed by atoms with van der Waals surface area (Å²) < 4.78 is 38.7. The first-order valence-electron chi connectivity index (χ1n) is 9.80. The Bertz CT molecular complexity index is 1030. The Balaban J connectivity index is 1.60. The van der Waals surface area contributed by atoms with Gasteiger partial charge in [-0.25, -0.2) is 0 Å². The van der Waals surface area contributed by atoms with Crippen molar-refractivity contribution in [3.05, 3.63) is 69.3 Å². The van der Waals surface area contributed by atoms with E-state index in [1.807, 2.05) is 0 Å². The minimum absolute atomic E-state index is 0.0722. The van der Waals surface area contributed by atoms with Gasteiger partial charge in [-0.1, -0.05) is 18.2 Å². The summed E-state index contributed by atoms with van der Waals surface area (Å²) in [6, 6.07) is 9.39. The molecular weight excluding hydrogens is 429 g/mol. The molecule has 0 radical (unpaired) electrons. The van der Waals surface area contributed by atoms with Crippen LogP contribution < -0.4 is 10.2 Å². The third kappa shape index (κ3) is 5.16. The minimum Gasteiger partial charge on any atom is -0.362 e. The topological polar surface area (TPSA) is 95.8 Å². The smallest absolute Gasteiger partial charge is 0.362 e. The standard InChI is InChI=1S/C21H21F3N4O4/c1-14-4-2-3-5-16(14)20(30)25-13-19(29)27-10-8-26(9-11-27)17-7-6-15(21(22,23)24)12-18(17)28(31)32/h2-7,12H,8-11,13H2,1H3,(H,25,30). The zero-order chi connectivity index (χ0) is 23.5. The number of carbonyl (C=O) groups excluding carboxylic acids is 2. The van der Waals surface area contributed by atoms with Gasteiger partial charge in [-0.05, 0) is 30.7 Å². The second kappa shape index (κ2) is 9.25. The number of hydrogen-bond donors (Lipinski definition) is 1. The molecule has 11 heteroatoms. The van der Waals surface area contributed by atoms with Gasteiger partial charge in [0, 0.05) is 37.8 Å². The monoisotopic (exact) mass is 450 g/mol. The van der Waals surface area contributed by atoms with E-state index in [1.165, 1.54) is 4.90 Å². The number of hydrogen-bond acceptors (Lipinski definition) is 5. The predicted molar refractivity (Wildman–Crippen MR) is 110 cm³/mol. The average molecular weight is 450 g/mol. The molecule has 1 heterocycles. The molecule has 1 fully saturated rings.